The Morgan fingerprint density at radius 1 is 0.903 bits per heavy atom. The molecule has 166 valence electrons. The summed E-state index contributed by atoms with van der Waals surface area (Å²) in [4.78, 5) is 35.5. The number of carboxylic acid groups (broad SMARTS) is 2. The molecule has 0 saturated heterocycles. The van der Waals surface area contributed by atoms with Crippen LogP contribution in [0.3, 0.4) is 0 Å². The molecular formula is C24H29NO6. The highest BCUT2D eigenvalue weighted by molar-refractivity contribution is 5.88. The molecule has 0 saturated carbocycles. The number of benzene rings is 2. The van der Waals surface area contributed by atoms with Crippen LogP contribution < -0.4 is 5.32 Å². The van der Waals surface area contributed by atoms with Crippen molar-refractivity contribution >= 4 is 17.8 Å². The summed E-state index contributed by atoms with van der Waals surface area (Å²) >= 11 is 0. The smallest absolute Gasteiger partial charge is 0.326 e. The van der Waals surface area contributed by atoms with Crippen LogP contribution in [0.15, 0.2) is 48.5 Å². The number of rotatable bonds is 11. The van der Waals surface area contributed by atoms with Crippen molar-refractivity contribution in [2.45, 2.75) is 51.5 Å². The summed E-state index contributed by atoms with van der Waals surface area (Å²) in [7, 11) is 0. The van der Waals surface area contributed by atoms with Crippen molar-refractivity contribution in [2.75, 3.05) is 0 Å². The number of aromatic hydroxyl groups is 1. The molecule has 0 radical (unpaired) electrons. The molecule has 0 bridgehead atoms. The van der Waals surface area contributed by atoms with Crippen LogP contribution in [0.2, 0.25) is 0 Å². The summed E-state index contributed by atoms with van der Waals surface area (Å²) in [5, 5.41) is 30.6. The molecule has 2 aromatic rings. The maximum absolute atomic E-state index is 13.0. The first-order valence-electron chi connectivity index (χ1n) is 10.3. The normalized spacial score (nSPS) is 12.9. The predicted molar refractivity (Wildman–Crippen MR) is 116 cm³/mol. The van der Waals surface area contributed by atoms with Crippen LogP contribution in [0.25, 0.3) is 0 Å². The van der Waals surface area contributed by atoms with Gasteiger partial charge in [-0.25, -0.2) is 4.79 Å². The van der Waals surface area contributed by atoms with Gasteiger partial charge in [0.25, 0.3) is 0 Å². The maximum atomic E-state index is 13.0. The Labute approximate surface area is 181 Å². The minimum absolute atomic E-state index is 0.0294. The van der Waals surface area contributed by atoms with E-state index in [0.717, 1.165) is 16.7 Å². The molecule has 0 aromatic heterocycles. The monoisotopic (exact) mass is 427 g/mol. The van der Waals surface area contributed by atoms with Gasteiger partial charge in [0.2, 0.25) is 5.91 Å². The molecule has 0 heterocycles. The quantitative estimate of drug-likeness (QED) is 0.436. The molecule has 4 N–H and O–H groups in total. The molecule has 0 aliphatic carbocycles. The average Bonchev–Trinajstić information content (AvgIpc) is 2.71. The first-order chi connectivity index (χ1) is 14.7. The Hall–Kier alpha value is -3.35. The van der Waals surface area contributed by atoms with Crippen molar-refractivity contribution in [3.63, 3.8) is 0 Å². The summed E-state index contributed by atoms with van der Waals surface area (Å²) < 4.78 is 0. The predicted octanol–water partition coefficient (Wildman–Crippen LogP) is 3.35. The minimum Gasteiger partial charge on any atom is -0.508 e. The van der Waals surface area contributed by atoms with E-state index >= 15 is 0 Å². The van der Waals surface area contributed by atoms with Crippen LogP contribution in [-0.2, 0) is 27.2 Å². The zero-order chi connectivity index (χ0) is 23.0. The summed E-state index contributed by atoms with van der Waals surface area (Å²) in [6.07, 6.45) is 1.09. The Bertz CT molecular complexity index is 889. The SMILES string of the molecule is CC(C)CC(C(=O)N[C@@H](Cc1ccc(CCC(=O)O)cc1)C(=O)O)c1ccc(O)cc1. The van der Waals surface area contributed by atoms with Crippen molar-refractivity contribution < 1.29 is 29.7 Å². The number of phenols is 1. The molecule has 7 heteroatoms. The van der Waals surface area contributed by atoms with Gasteiger partial charge in [0.15, 0.2) is 0 Å². The summed E-state index contributed by atoms with van der Waals surface area (Å²) in [6.45, 7) is 3.97. The van der Waals surface area contributed by atoms with E-state index in [4.69, 9.17) is 5.11 Å². The van der Waals surface area contributed by atoms with Gasteiger partial charge in [-0.2, -0.15) is 0 Å². The van der Waals surface area contributed by atoms with E-state index in [1.165, 1.54) is 12.1 Å². The molecule has 0 spiro atoms. The van der Waals surface area contributed by atoms with Crippen molar-refractivity contribution in [3.8, 4) is 5.75 Å². The highest BCUT2D eigenvalue weighted by Gasteiger charge is 2.27. The number of phenolic OH excluding ortho intramolecular Hbond substituents is 1. The molecule has 0 aliphatic rings. The molecule has 7 nitrogen and oxygen atoms in total. The molecule has 0 fully saturated rings. The van der Waals surface area contributed by atoms with Gasteiger partial charge in [-0.15, -0.1) is 0 Å². The van der Waals surface area contributed by atoms with E-state index in [0.29, 0.717) is 12.8 Å². The number of carboxylic acids is 2. The standard InChI is InChI=1S/C24H29NO6/c1-15(2)13-20(18-8-10-19(26)11-9-18)23(29)25-21(24(30)31)14-17-5-3-16(4-6-17)7-12-22(27)28/h3-6,8-11,15,20-21,26H,7,12-14H2,1-2H3,(H,25,29)(H,27,28)(H,30,31)/t20?,21-/m0/s1. The van der Waals surface area contributed by atoms with Crippen molar-refractivity contribution in [1.82, 2.24) is 5.32 Å². The number of hydrogen-bond acceptors (Lipinski definition) is 4. The Balaban J connectivity index is 2.11. The van der Waals surface area contributed by atoms with Gasteiger partial charge >= 0.3 is 11.9 Å². The third kappa shape index (κ3) is 7.77. The minimum atomic E-state index is -1.13. The number of carbonyl (C=O) groups is 3. The van der Waals surface area contributed by atoms with E-state index in [1.54, 1.807) is 36.4 Å². The lowest BCUT2D eigenvalue weighted by molar-refractivity contribution is -0.142. The van der Waals surface area contributed by atoms with Gasteiger partial charge in [0, 0.05) is 12.8 Å². The zero-order valence-corrected chi connectivity index (χ0v) is 17.7. The third-order valence-electron chi connectivity index (χ3n) is 5.02. The second kappa shape index (κ2) is 11.2. The first kappa shape index (κ1) is 23.9. The van der Waals surface area contributed by atoms with Crippen LogP contribution >= 0.6 is 0 Å². The molecular weight excluding hydrogens is 398 g/mol. The fourth-order valence-electron chi connectivity index (χ4n) is 3.37. The van der Waals surface area contributed by atoms with Gasteiger partial charge in [0.1, 0.15) is 11.8 Å². The number of nitrogens with one attached hydrogen (secondary N) is 1. The summed E-state index contributed by atoms with van der Waals surface area (Å²) in [5.41, 5.74) is 2.30. The van der Waals surface area contributed by atoms with Gasteiger partial charge in [-0.1, -0.05) is 50.2 Å². The highest BCUT2D eigenvalue weighted by Crippen LogP contribution is 2.26. The van der Waals surface area contributed by atoms with E-state index in [9.17, 15) is 24.6 Å². The van der Waals surface area contributed by atoms with Gasteiger partial charge in [-0.3, -0.25) is 9.59 Å². The first-order valence-corrected chi connectivity index (χ1v) is 10.3. The van der Waals surface area contributed by atoms with Gasteiger partial charge < -0.3 is 20.6 Å². The summed E-state index contributed by atoms with van der Waals surface area (Å²) in [5.74, 6) is -2.58. The van der Waals surface area contributed by atoms with Crippen molar-refractivity contribution in [2.24, 2.45) is 5.92 Å². The van der Waals surface area contributed by atoms with Crippen molar-refractivity contribution in [1.29, 1.82) is 0 Å². The maximum Gasteiger partial charge on any atom is 0.326 e. The fourth-order valence-corrected chi connectivity index (χ4v) is 3.37. The Kier molecular flexibility index (Phi) is 8.61. The molecule has 1 amide bonds. The number of hydrogen-bond donors (Lipinski definition) is 4. The second-order valence-electron chi connectivity index (χ2n) is 8.09. The number of aryl methyl sites for hydroxylation is 1. The number of aliphatic carboxylic acids is 2. The molecule has 31 heavy (non-hydrogen) atoms. The average molecular weight is 427 g/mol. The van der Waals surface area contributed by atoms with Crippen LogP contribution in [0.4, 0.5) is 0 Å². The topological polar surface area (TPSA) is 124 Å². The second-order valence-corrected chi connectivity index (χ2v) is 8.09. The molecule has 1 unspecified atom stereocenters. The van der Waals surface area contributed by atoms with E-state index < -0.39 is 23.9 Å². The Morgan fingerprint density at radius 3 is 2.00 bits per heavy atom. The van der Waals surface area contributed by atoms with Crippen molar-refractivity contribution in [3.05, 3.63) is 65.2 Å². The fraction of sp³-hybridized carbons (Fsp3) is 0.375. The van der Waals surface area contributed by atoms with E-state index in [-0.39, 0.29) is 30.4 Å². The molecule has 0 aliphatic heterocycles. The number of amides is 1. The summed E-state index contributed by atoms with van der Waals surface area (Å²) in [6, 6.07) is 12.3. The van der Waals surface area contributed by atoms with Crippen LogP contribution in [0.1, 0.15) is 49.3 Å². The van der Waals surface area contributed by atoms with Gasteiger partial charge in [0.05, 0.1) is 5.92 Å². The van der Waals surface area contributed by atoms with Crippen LogP contribution in [0.5, 0.6) is 5.75 Å². The largest absolute Gasteiger partial charge is 0.508 e. The Morgan fingerprint density at radius 2 is 1.48 bits per heavy atom. The molecule has 2 atom stereocenters. The van der Waals surface area contributed by atoms with Crippen LogP contribution in [-0.4, -0.2) is 39.2 Å². The highest BCUT2D eigenvalue weighted by atomic mass is 16.4. The molecule has 2 aromatic carbocycles. The lowest BCUT2D eigenvalue weighted by Crippen LogP contribution is -2.44. The van der Waals surface area contributed by atoms with E-state index in [2.05, 4.69) is 5.32 Å². The van der Waals surface area contributed by atoms with Crippen LogP contribution in [0, 0.1) is 5.92 Å². The third-order valence-corrected chi connectivity index (χ3v) is 5.02. The number of carbonyl (C=O) groups excluding carboxylic acids is 1. The zero-order valence-electron chi connectivity index (χ0n) is 17.7. The van der Waals surface area contributed by atoms with Gasteiger partial charge in [-0.05, 0) is 47.6 Å². The molecule has 2 rings (SSSR count). The van der Waals surface area contributed by atoms with E-state index in [1.807, 2.05) is 13.8 Å². The lowest BCUT2D eigenvalue weighted by Gasteiger charge is -2.22. The lowest BCUT2D eigenvalue weighted by atomic mass is 9.89.